The van der Waals surface area contributed by atoms with Crippen LogP contribution in [0.5, 0.6) is 5.75 Å². The first kappa shape index (κ1) is 14.1. The summed E-state index contributed by atoms with van der Waals surface area (Å²) in [6.45, 7) is 6.61. The molecule has 0 fully saturated rings. The molecule has 0 atom stereocenters. The summed E-state index contributed by atoms with van der Waals surface area (Å²) < 4.78 is 34.3. The van der Waals surface area contributed by atoms with E-state index in [2.05, 4.69) is 9.12 Å². The molecule has 1 aromatic rings. The van der Waals surface area contributed by atoms with Crippen LogP contribution in [0.4, 0.5) is 5.69 Å². The van der Waals surface area contributed by atoms with Gasteiger partial charge in [0, 0.05) is 0 Å². The Morgan fingerprint density at radius 2 is 2.05 bits per heavy atom. The second-order valence-electron chi connectivity index (χ2n) is 5.49. The van der Waals surface area contributed by atoms with E-state index in [1.165, 1.54) is 0 Å². The summed E-state index contributed by atoms with van der Waals surface area (Å²) in [5.41, 5.74) is 0.843. The zero-order valence-electron chi connectivity index (χ0n) is 10.9. The summed E-state index contributed by atoms with van der Waals surface area (Å²) >= 11 is 5.94. The van der Waals surface area contributed by atoms with Crippen molar-refractivity contribution < 1.29 is 13.2 Å². The molecule has 0 saturated carbocycles. The number of rotatable bonds is 2. The number of ether oxygens (including phenoxy) is 1. The molecule has 2 rings (SSSR count). The van der Waals surface area contributed by atoms with E-state index >= 15 is 0 Å². The number of hydrogen-bond donors (Lipinski definition) is 1. The van der Waals surface area contributed by atoms with Crippen molar-refractivity contribution in [3.8, 4) is 5.75 Å². The molecule has 1 aliphatic heterocycles. The lowest BCUT2D eigenvalue weighted by Crippen LogP contribution is -2.21. The number of benzene rings is 1. The summed E-state index contributed by atoms with van der Waals surface area (Å²) in [6.07, 6.45) is 0. The molecule has 19 heavy (non-hydrogen) atoms. The number of fused-ring (bicyclic) bond motifs is 1. The van der Waals surface area contributed by atoms with Crippen LogP contribution in [0, 0.1) is 5.41 Å². The third-order valence-electron chi connectivity index (χ3n) is 2.33. The van der Waals surface area contributed by atoms with Gasteiger partial charge in [0.25, 0.3) is 0 Å². The van der Waals surface area contributed by atoms with Crippen LogP contribution in [0.25, 0.3) is 0 Å². The van der Waals surface area contributed by atoms with Crippen LogP contribution >= 0.6 is 11.6 Å². The average Bonchev–Trinajstić information content (AvgIpc) is 2.22. The zero-order valence-corrected chi connectivity index (χ0v) is 12.5. The van der Waals surface area contributed by atoms with E-state index in [9.17, 15) is 8.42 Å². The van der Waals surface area contributed by atoms with Crippen molar-refractivity contribution >= 4 is 32.7 Å². The highest BCUT2D eigenvalue weighted by atomic mass is 35.5. The largest absolute Gasteiger partial charge is 0.492 e. The second-order valence-corrected chi connectivity index (χ2v) is 7.18. The second kappa shape index (κ2) is 4.68. The van der Waals surface area contributed by atoms with Crippen molar-refractivity contribution in [1.29, 1.82) is 0 Å². The molecule has 7 heteroatoms. The first-order valence-corrected chi connectivity index (χ1v) is 7.54. The SMILES string of the molecule is CC(C)(C)COc1cccc2c1C(Cl)=NS(=O)(=O)N2. The van der Waals surface area contributed by atoms with E-state index in [4.69, 9.17) is 16.3 Å². The van der Waals surface area contributed by atoms with Gasteiger partial charge in [-0.15, -0.1) is 4.40 Å². The highest BCUT2D eigenvalue weighted by Crippen LogP contribution is 2.33. The van der Waals surface area contributed by atoms with Gasteiger partial charge in [-0.3, -0.25) is 4.72 Å². The van der Waals surface area contributed by atoms with Gasteiger partial charge in [0.15, 0.2) is 5.17 Å². The quantitative estimate of drug-likeness (QED) is 0.913. The minimum atomic E-state index is -3.75. The van der Waals surface area contributed by atoms with Gasteiger partial charge in [0.05, 0.1) is 17.9 Å². The molecule has 0 aromatic heterocycles. The molecule has 1 aliphatic rings. The molecule has 0 unspecified atom stereocenters. The molecule has 0 amide bonds. The Morgan fingerprint density at radius 1 is 1.37 bits per heavy atom. The highest BCUT2D eigenvalue weighted by molar-refractivity contribution is 7.91. The number of halogens is 1. The molecule has 1 aromatic carbocycles. The van der Waals surface area contributed by atoms with Gasteiger partial charge >= 0.3 is 10.2 Å². The van der Waals surface area contributed by atoms with E-state index in [0.29, 0.717) is 23.6 Å². The summed E-state index contributed by atoms with van der Waals surface area (Å²) in [5.74, 6) is 0.517. The van der Waals surface area contributed by atoms with E-state index < -0.39 is 10.2 Å². The normalized spacial score (nSPS) is 17.2. The van der Waals surface area contributed by atoms with Gasteiger partial charge in [-0.25, -0.2) is 0 Å². The number of nitrogens with one attached hydrogen (secondary N) is 1. The van der Waals surface area contributed by atoms with Gasteiger partial charge < -0.3 is 4.74 Å². The lowest BCUT2D eigenvalue weighted by molar-refractivity contribution is 0.198. The molecular formula is C12H15ClN2O3S. The molecule has 5 nitrogen and oxygen atoms in total. The van der Waals surface area contributed by atoms with Gasteiger partial charge in [0.1, 0.15) is 5.75 Å². The average molecular weight is 303 g/mol. The van der Waals surface area contributed by atoms with Crippen molar-refractivity contribution in [2.75, 3.05) is 11.3 Å². The summed E-state index contributed by atoms with van der Waals surface area (Å²) in [5, 5.41) is -0.0849. The van der Waals surface area contributed by atoms with E-state index in [0.717, 1.165) is 0 Å². The first-order chi connectivity index (χ1) is 8.68. The summed E-state index contributed by atoms with van der Waals surface area (Å²) in [6, 6.07) is 5.06. The van der Waals surface area contributed by atoms with Crippen molar-refractivity contribution in [3.63, 3.8) is 0 Å². The molecule has 0 spiro atoms. The smallest absolute Gasteiger partial charge is 0.343 e. The Kier molecular flexibility index (Phi) is 3.49. The number of hydrogen-bond acceptors (Lipinski definition) is 3. The van der Waals surface area contributed by atoms with Crippen molar-refractivity contribution in [2.45, 2.75) is 20.8 Å². The van der Waals surface area contributed by atoms with Crippen LogP contribution in [0.15, 0.2) is 22.6 Å². The van der Waals surface area contributed by atoms with Crippen molar-refractivity contribution in [2.24, 2.45) is 9.81 Å². The standard InChI is InChI=1S/C12H15ClN2O3S/c1-12(2,3)7-18-9-6-4-5-8-10(9)11(13)15-19(16,17)14-8/h4-6,14H,7H2,1-3H3. The number of anilines is 1. The minimum absolute atomic E-state index is 0.0134. The van der Waals surface area contributed by atoms with Crippen LogP contribution in [0.2, 0.25) is 0 Å². The van der Waals surface area contributed by atoms with Crippen molar-refractivity contribution in [3.05, 3.63) is 23.8 Å². The molecule has 0 radical (unpaired) electrons. The Balaban J connectivity index is 2.40. The Morgan fingerprint density at radius 3 is 2.68 bits per heavy atom. The fourth-order valence-corrected chi connectivity index (χ4v) is 2.82. The van der Waals surface area contributed by atoms with Crippen LogP contribution in [-0.2, 0) is 10.2 Å². The Hall–Kier alpha value is -1.27. The Bertz CT molecular complexity index is 633. The lowest BCUT2D eigenvalue weighted by Gasteiger charge is -2.22. The van der Waals surface area contributed by atoms with Gasteiger partial charge in [-0.1, -0.05) is 38.4 Å². The Labute approximate surface area is 117 Å². The van der Waals surface area contributed by atoms with Crippen LogP contribution in [0.3, 0.4) is 0 Å². The fourth-order valence-electron chi connectivity index (χ4n) is 1.56. The topological polar surface area (TPSA) is 67.8 Å². The van der Waals surface area contributed by atoms with Crippen molar-refractivity contribution in [1.82, 2.24) is 0 Å². The molecule has 104 valence electrons. The third-order valence-corrected chi connectivity index (χ3v) is 3.61. The third kappa shape index (κ3) is 3.39. The first-order valence-electron chi connectivity index (χ1n) is 5.72. The summed E-state index contributed by atoms with van der Waals surface area (Å²) in [4.78, 5) is 0. The maximum atomic E-state index is 11.4. The maximum absolute atomic E-state index is 11.4. The number of nitrogens with zero attached hydrogens (tertiary/aromatic N) is 1. The fraction of sp³-hybridized carbons (Fsp3) is 0.417. The monoisotopic (exact) mass is 302 g/mol. The highest BCUT2D eigenvalue weighted by Gasteiger charge is 2.25. The van der Waals surface area contributed by atoms with Gasteiger partial charge in [-0.2, -0.15) is 8.42 Å². The van der Waals surface area contributed by atoms with E-state index in [1.807, 2.05) is 20.8 Å². The van der Waals surface area contributed by atoms with Crippen LogP contribution < -0.4 is 9.46 Å². The predicted molar refractivity (Wildman–Crippen MR) is 76.3 cm³/mol. The molecule has 0 aliphatic carbocycles. The molecule has 1 heterocycles. The predicted octanol–water partition coefficient (Wildman–Crippen LogP) is 2.77. The molecule has 0 saturated heterocycles. The zero-order chi connectivity index (χ0) is 14.3. The van der Waals surface area contributed by atoms with Crippen LogP contribution in [-0.4, -0.2) is 20.2 Å². The molecule has 0 bridgehead atoms. The molecular weight excluding hydrogens is 288 g/mol. The van der Waals surface area contributed by atoms with Gasteiger partial charge in [0.2, 0.25) is 0 Å². The van der Waals surface area contributed by atoms with Crippen LogP contribution in [0.1, 0.15) is 26.3 Å². The summed E-state index contributed by atoms with van der Waals surface area (Å²) in [7, 11) is -3.75. The van der Waals surface area contributed by atoms with E-state index in [1.54, 1.807) is 18.2 Å². The van der Waals surface area contributed by atoms with Gasteiger partial charge in [-0.05, 0) is 17.5 Å². The van der Waals surface area contributed by atoms with E-state index in [-0.39, 0.29) is 10.6 Å². The minimum Gasteiger partial charge on any atom is -0.492 e. The lowest BCUT2D eigenvalue weighted by atomic mass is 9.98. The maximum Gasteiger partial charge on any atom is 0.343 e. The molecule has 1 N–H and O–H groups in total.